The van der Waals surface area contributed by atoms with E-state index in [4.69, 9.17) is 0 Å². The summed E-state index contributed by atoms with van der Waals surface area (Å²) in [6.07, 6.45) is 6.18. The standard InChI is InChI=1S/C10H19N3/c1-3-6-11-10(4-2)9-13-8-5-7-12-13/h5,7-8,10-11H,3-4,6,9H2,1-2H3. The lowest BCUT2D eigenvalue weighted by Crippen LogP contribution is -2.33. The highest BCUT2D eigenvalue weighted by atomic mass is 15.3. The van der Waals surface area contributed by atoms with Crippen LogP contribution in [0.15, 0.2) is 18.5 Å². The third-order valence-electron chi connectivity index (χ3n) is 2.14. The average Bonchev–Trinajstić information content (AvgIpc) is 2.64. The van der Waals surface area contributed by atoms with Crippen molar-refractivity contribution in [1.29, 1.82) is 0 Å². The molecule has 1 aromatic rings. The van der Waals surface area contributed by atoms with Crippen molar-refractivity contribution in [3.8, 4) is 0 Å². The van der Waals surface area contributed by atoms with Gasteiger partial charge in [0.25, 0.3) is 0 Å². The molecule has 0 saturated carbocycles. The van der Waals surface area contributed by atoms with Crippen LogP contribution < -0.4 is 5.32 Å². The first kappa shape index (κ1) is 10.3. The molecule has 1 aromatic heterocycles. The second-order valence-electron chi connectivity index (χ2n) is 3.29. The third-order valence-corrected chi connectivity index (χ3v) is 2.14. The van der Waals surface area contributed by atoms with Crippen molar-refractivity contribution in [3.63, 3.8) is 0 Å². The third kappa shape index (κ3) is 3.59. The van der Waals surface area contributed by atoms with Gasteiger partial charge >= 0.3 is 0 Å². The van der Waals surface area contributed by atoms with Gasteiger partial charge in [-0.1, -0.05) is 13.8 Å². The zero-order valence-corrected chi connectivity index (χ0v) is 8.53. The molecule has 3 heteroatoms. The number of nitrogens with one attached hydrogen (secondary N) is 1. The largest absolute Gasteiger partial charge is 0.312 e. The molecule has 0 aliphatic heterocycles. The second-order valence-corrected chi connectivity index (χ2v) is 3.29. The van der Waals surface area contributed by atoms with Crippen molar-refractivity contribution < 1.29 is 0 Å². The summed E-state index contributed by atoms with van der Waals surface area (Å²) in [7, 11) is 0. The first-order valence-electron chi connectivity index (χ1n) is 5.07. The summed E-state index contributed by atoms with van der Waals surface area (Å²) in [5.41, 5.74) is 0. The Labute approximate surface area is 80.1 Å². The summed E-state index contributed by atoms with van der Waals surface area (Å²) < 4.78 is 1.98. The molecule has 13 heavy (non-hydrogen) atoms. The minimum atomic E-state index is 0.555. The summed E-state index contributed by atoms with van der Waals surface area (Å²) in [6.45, 7) is 6.47. The lowest BCUT2D eigenvalue weighted by Gasteiger charge is -2.16. The highest BCUT2D eigenvalue weighted by Crippen LogP contribution is 1.96. The van der Waals surface area contributed by atoms with Gasteiger partial charge in [0.2, 0.25) is 0 Å². The fraction of sp³-hybridized carbons (Fsp3) is 0.700. The molecule has 0 radical (unpaired) electrons. The smallest absolute Gasteiger partial charge is 0.0562 e. The van der Waals surface area contributed by atoms with Crippen LogP contribution in [0.2, 0.25) is 0 Å². The molecular weight excluding hydrogens is 162 g/mol. The summed E-state index contributed by atoms with van der Waals surface area (Å²) >= 11 is 0. The molecule has 0 aliphatic rings. The van der Waals surface area contributed by atoms with Gasteiger partial charge in [-0.25, -0.2) is 0 Å². The van der Waals surface area contributed by atoms with Crippen LogP contribution in [0.3, 0.4) is 0 Å². The molecule has 0 aromatic carbocycles. The molecule has 1 N–H and O–H groups in total. The molecule has 1 atom stereocenters. The molecule has 3 nitrogen and oxygen atoms in total. The maximum absolute atomic E-state index is 4.19. The topological polar surface area (TPSA) is 29.9 Å². The first-order valence-corrected chi connectivity index (χ1v) is 5.07. The van der Waals surface area contributed by atoms with E-state index in [1.807, 2.05) is 23.1 Å². The molecule has 1 heterocycles. The van der Waals surface area contributed by atoms with Crippen LogP contribution in [0.25, 0.3) is 0 Å². The normalized spacial score (nSPS) is 13.1. The number of rotatable bonds is 6. The van der Waals surface area contributed by atoms with E-state index in [2.05, 4.69) is 24.3 Å². The fourth-order valence-corrected chi connectivity index (χ4v) is 1.32. The Hall–Kier alpha value is -0.830. The van der Waals surface area contributed by atoms with E-state index < -0.39 is 0 Å². The van der Waals surface area contributed by atoms with Gasteiger partial charge in [0, 0.05) is 18.4 Å². The number of hydrogen-bond acceptors (Lipinski definition) is 2. The van der Waals surface area contributed by atoms with E-state index in [1.54, 1.807) is 0 Å². The minimum absolute atomic E-state index is 0.555. The van der Waals surface area contributed by atoms with E-state index >= 15 is 0 Å². The van der Waals surface area contributed by atoms with E-state index in [1.165, 1.54) is 6.42 Å². The van der Waals surface area contributed by atoms with E-state index in [9.17, 15) is 0 Å². The molecule has 0 aliphatic carbocycles. The molecule has 0 fully saturated rings. The maximum atomic E-state index is 4.19. The molecule has 0 saturated heterocycles. The van der Waals surface area contributed by atoms with Gasteiger partial charge in [0.05, 0.1) is 6.54 Å². The van der Waals surface area contributed by atoms with E-state index in [0.29, 0.717) is 6.04 Å². The molecule has 1 unspecified atom stereocenters. The zero-order valence-electron chi connectivity index (χ0n) is 8.53. The van der Waals surface area contributed by atoms with Crippen LogP contribution in [0.4, 0.5) is 0 Å². The van der Waals surface area contributed by atoms with Crippen LogP contribution in [-0.2, 0) is 6.54 Å². The van der Waals surface area contributed by atoms with Crippen molar-refractivity contribution in [2.45, 2.75) is 39.3 Å². The van der Waals surface area contributed by atoms with E-state index in [-0.39, 0.29) is 0 Å². The molecule has 0 spiro atoms. The van der Waals surface area contributed by atoms with Crippen LogP contribution >= 0.6 is 0 Å². The molecule has 0 amide bonds. The summed E-state index contributed by atoms with van der Waals surface area (Å²) in [6, 6.07) is 2.52. The monoisotopic (exact) mass is 181 g/mol. The zero-order chi connectivity index (χ0) is 9.52. The van der Waals surface area contributed by atoms with Crippen molar-refractivity contribution in [2.75, 3.05) is 6.54 Å². The predicted molar refractivity (Wildman–Crippen MR) is 54.6 cm³/mol. The van der Waals surface area contributed by atoms with Gasteiger partial charge in [0.15, 0.2) is 0 Å². The molecule has 1 rings (SSSR count). The predicted octanol–water partition coefficient (Wildman–Crippen LogP) is 1.66. The van der Waals surface area contributed by atoms with Gasteiger partial charge in [-0.2, -0.15) is 5.10 Å². The molecule has 0 bridgehead atoms. The number of aromatic nitrogens is 2. The van der Waals surface area contributed by atoms with Crippen molar-refractivity contribution in [1.82, 2.24) is 15.1 Å². The van der Waals surface area contributed by atoms with E-state index in [0.717, 1.165) is 19.5 Å². The summed E-state index contributed by atoms with van der Waals surface area (Å²) in [4.78, 5) is 0. The van der Waals surface area contributed by atoms with Crippen LogP contribution in [0, 0.1) is 0 Å². The number of nitrogens with zero attached hydrogens (tertiary/aromatic N) is 2. The number of hydrogen-bond donors (Lipinski definition) is 1. The Bertz CT molecular complexity index is 206. The van der Waals surface area contributed by atoms with Crippen LogP contribution in [0.1, 0.15) is 26.7 Å². The Kier molecular flexibility index (Phi) is 4.54. The highest BCUT2D eigenvalue weighted by molar-refractivity contribution is 4.79. The average molecular weight is 181 g/mol. The van der Waals surface area contributed by atoms with Crippen LogP contribution in [-0.4, -0.2) is 22.4 Å². The first-order chi connectivity index (χ1) is 6.36. The van der Waals surface area contributed by atoms with Gasteiger partial charge < -0.3 is 5.32 Å². The molecule has 74 valence electrons. The SMILES string of the molecule is CCCNC(CC)Cn1cccn1. The van der Waals surface area contributed by atoms with Crippen LogP contribution in [0.5, 0.6) is 0 Å². The Morgan fingerprint density at radius 3 is 2.85 bits per heavy atom. The Morgan fingerprint density at radius 1 is 1.46 bits per heavy atom. The van der Waals surface area contributed by atoms with Gasteiger partial charge in [-0.15, -0.1) is 0 Å². The van der Waals surface area contributed by atoms with Gasteiger partial charge in [0.1, 0.15) is 0 Å². The minimum Gasteiger partial charge on any atom is -0.312 e. The Balaban J connectivity index is 2.31. The quantitative estimate of drug-likeness (QED) is 0.723. The van der Waals surface area contributed by atoms with Crippen molar-refractivity contribution in [2.24, 2.45) is 0 Å². The van der Waals surface area contributed by atoms with Crippen molar-refractivity contribution in [3.05, 3.63) is 18.5 Å². The lowest BCUT2D eigenvalue weighted by atomic mass is 10.2. The molecular formula is C10H19N3. The van der Waals surface area contributed by atoms with Gasteiger partial charge in [-0.3, -0.25) is 4.68 Å². The summed E-state index contributed by atoms with van der Waals surface area (Å²) in [5.74, 6) is 0. The van der Waals surface area contributed by atoms with Gasteiger partial charge in [-0.05, 0) is 25.5 Å². The fourth-order valence-electron chi connectivity index (χ4n) is 1.32. The highest BCUT2D eigenvalue weighted by Gasteiger charge is 2.04. The lowest BCUT2D eigenvalue weighted by molar-refractivity contribution is 0.416. The Morgan fingerprint density at radius 2 is 2.31 bits per heavy atom. The second kappa shape index (κ2) is 5.75. The maximum Gasteiger partial charge on any atom is 0.0562 e. The summed E-state index contributed by atoms with van der Waals surface area (Å²) in [5, 5.41) is 7.69. The van der Waals surface area contributed by atoms with Crippen molar-refractivity contribution >= 4 is 0 Å².